The molecule has 1 atom stereocenters. The van der Waals surface area contributed by atoms with E-state index in [1.807, 2.05) is 27.1 Å². The van der Waals surface area contributed by atoms with Gasteiger partial charge in [0, 0.05) is 24.1 Å². The summed E-state index contributed by atoms with van der Waals surface area (Å²) in [6.07, 6.45) is 4.08. The molecule has 3 rings (SSSR count). The fraction of sp³-hybridized carbons (Fsp3) is 0.526. The summed E-state index contributed by atoms with van der Waals surface area (Å²) in [6, 6.07) is 3.41. The number of nitrogens with two attached hydrogens (primary N) is 1. The molecular weight excluding hydrogens is 318 g/mol. The Kier molecular flexibility index (Phi) is 6.08. The molecule has 0 radical (unpaired) electrons. The van der Waals surface area contributed by atoms with Crippen molar-refractivity contribution in [3.05, 3.63) is 34.4 Å². The molecule has 136 valence electrons. The molecule has 1 saturated carbocycles. The number of aryl methyl sites for hydroxylation is 1. The van der Waals surface area contributed by atoms with Crippen molar-refractivity contribution in [2.75, 3.05) is 14.1 Å². The summed E-state index contributed by atoms with van der Waals surface area (Å²) in [7, 11) is 3.75. The van der Waals surface area contributed by atoms with Gasteiger partial charge in [-0.25, -0.2) is 0 Å². The first kappa shape index (κ1) is 19.3. The predicted octanol–water partition coefficient (Wildman–Crippen LogP) is 1.28. The maximum absolute atomic E-state index is 12.6. The van der Waals surface area contributed by atoms with Crippen molar-refractivity contribution in [3.63, 3.8) is 0 Å². The number of hydrogen-bond acceptors (Lipinski definition) is 5. The van der Waals surface area contributed by atoms with Crippen LogP contribution in [0.15, 0.2) is 12.1 Å². The Hall–Kier alpha value is -2.05. The van der Waals surface area contributed by atoms with E-state index in [1.165, 1.54) is 0 Å². The van der Waals surface area contributed by atoms with Gasteiger partial charge in [-0.05, 0) is 63.0 Å². The zero-order valence-corrected chi connectivity index (χ0v) is 15.2. The van der Waals surface area contributed by atoms with Gasteiger partial charge in [-0.15, -0.1) is 0 Å². The van der Waals surface area contributed by atoms with Crippen LogP contribution in [0, 0.1) is 6.92 Å². The van der Waals surface area contributed by atoms with Crippen LogP contribution in [-0.4, -0.2) is 43.5 Å². The molecule has 6 nitrogen and oxygen atoms in total. The second kappa shape index (κ2) is 7.89. The van der Waals surface area contributed by atoms with Gasteiger partial charge >= 0.3 is 0 Å². The van der Waals surface area contributed by atoms with E-state index in [4.69, 9.17) is 5.73 Å². The van der Waals surface area contributed by atoms with Crippen LogP contribution >= 0.6 is 0 Å². The van der Waals surface area contributed by atoms with E-state index in [2.05, 4.69) is 11.4 Å². The summed E-state index contributed by atoms with van der Waals surface area (Å²) < 4.78 is 0. The van der Waals surface area contributed by atoms with E-state index in [-0.39, 0.29) is 17.9 Å². The largest absolute Gasteiger partial charge is 0.325 e. The van der Waals surface area contributed by atoms with Crippen LogP contribution < -0.4 is 11.1 Å². The summed E-state index contributed by atoms with van der Waals surface area (Å²) >= 11 is 0. The third kappa shape index (κ3) is 3.96. The normalized spacial score (nSPS) is 18.1. The van der Waals surface area contributed by atoms with Crippen LogP contribution in [0.5, 0.6) is 0 Å². The van der Waals surface area contributed by atoms with Crippen molar-refractivity contribution in [1.29, 1.82) is 0 Å². The van der Waals surface area contributed by atoms with Crippen LogP contribution in [0.4, 0.5) is 0 Å². The van der Waals surface area contributed by atoms with Crippen molar-refractivity contribution in [2.24, 2.45) is 5.73 Å². The minimum atomic E-state index is -0.541. The number of aldehydes is 2. The number of fused-ring (bicyclic) bond motifs is 1. The van der Waals surface area contributed by atoms with Gasteiger partial charge in [0.1, 0.15) is 12.6 Å². The highest BCUT2D eigenvalue weighted by Gasteiger charge is 2.42. The molecule has 25 heavy (non-hydrogen) atoms. The lowest BCUT2D eigenvalue weighted by Gasteiger charge is -2.22. The predicted molar refractivity (Wildman–Crippen MR) is 96.3 cm³/mol. The van der Waals surface area contributed by atoms with Gasteiger partial charge in [0.05, 0.1) is 6.04 Å². The number of carbonyl (C=O) groups excluding carboxylic acids is 3. The zero-order valence-electron chi connectivity index (χ0n) is 15.2. The molecule has 0 spiro atoms. The van der Waals surface area contributed by atoms with E-state index in [0.29, 0.717) is 18.5 Å². The highest BCUT2D eigenvalue weighted by Crippen LogP contribution is 2.44. The monoisotopic (exact) mass is 345 g/mol. The minimum absolute atomic E-state index is 0.132. The molecule has 1 aromatic rings. The van der Waals surface area contributed by atoms with E-state index >= 15 is 0 Å². The van der Waals surface area contributed by atoms with E-state index in [1.54, 1.807) is 4.90 Å². The van der Waals surface area contributed by atoms with Crippen LogP contribution in [0.2, 0.25) is 0 Å². The molecule has 1 aliphatic heterocycles. The average molecular weight is 345 g/mol. The van der Waals surface area contributed by atoms with Gasteiger partial charge < -0.3 is 25.5 Å². The molecule has 1 amide bonds. The summed E-state index contributed by atoms with van der Waals surface area (Å²) in [6.45, 7) is 2.41. The Morgan fingerprint density at radius 2 is 1.96 bits per heavy atom. The summed E-state index contributed by atoms with van der Waals surface area (Å²) in [4.78, 5) is 36.0. The first-order chi connectivity index (χ1) is 11.9. The van der Waals surface area contributed by atoms with Gasteiger partial charge in [0.2, 0.25) is 0 Å². The number of nitrogens with one attached hydrogen (secondary N) is 1. The summed E-state index contributed by atoms with van der Waals surface area (Å²) in [5.41, 5.74) is 9.64. The summed E-state index contributed by atoms with van der Waals surface area (Å²) in [5.74, 6) is -0.132. The Bertz CT molecular complexity index is 668. The fourth-order valence-electron chi connectivity index (χ4n) is 3.13. The molecule has 0 aromatic heterocycles. The lowest BCUT2D eigenvalue weighted by Crippen LogP contribution is -2.36. The molecule has 1 fully saturated rings. The van der Waals surface area contributed by atoms with Crippen LogP contribution in [-0.2, 0) is 21.7 Å². The number of rotatable bonds is 6. The topological polar surface area (TPSA) is 92.5 Å². The maximum Gasteiger partial charge on any atom is 0.255 e. The second-order valence-electron chi connectivity index (χ2n) is 6.86. The first-order valence-electron chi connectivity index (χ1n) is 8.63. The molecule has 0 saturated heterocycles. The van der Waals surface area contributed by atoms with E-state index < -0.39 is 6.04 Å². The molecule has 1 unspecified atom stereocenters. The van der Waals surface area contributed by atoms with Gasteiger partial charge in [-0.3, -0.25) is 4.79 Å². The molecule has 1 heterocycles. The lowest BCUT2D eigenvalue weighted by molar-refractivity contribution is -0.112. The van der Waals surface area contributed by atoms with Crippen LogP contribution in [0.25, 0.3) is 0 Å². The molecule has 1 aliphatic carbocycles. The van der Waals surface area contributed by atoms with Gasteiger partial charge in [0.25, 0.3) is 5.91 Å². The number of amides is 1. The minimum Gasteiger partial charge on any atom is -0.325 e. The van der Waals surface area contributed by atoms with Gasteiger partial charge in [-0.2, -0.15) is 0 Å². The Morgan fingerprint density at radius 3 is 2.48 bits per heavy atom. The molecule has 1 aromatic carbocycles. The number of nitrogens with zero attached hydrogens (tertiary/aromatic N) is 1. The maximum atomic E-state index is 12.6. The Morgan fingerprint density at radius 1 is 1.32 bits per heavy atom. The molecule has 2 aliphatic rings. The lowest BCUT2D eigenvalue weighted by atomic mass is 9.96. The Balaban J connectivity index is 0.000000701. The van der Waals surface area contributed by atoms with Crippen molar-refractivity contribution < 1.29 is 14.4 Å². The van der Waals surface area contributed by atoms with E-state index in [9.17, 15) is 14.4 Å². The third-order valence-corrected chi connectivity index (χ3v) is 4.79. The smallest absolute Gasteiger partial charge is 0.255 e. The molecule has 3 N–H and O–H groups in total. The highest BCUT2D eigenvalue weighted by molar-refractivity contribution is 6.00. The van der Waals surface area contributed by atoms with E-state index in [0.717, 1.165) is 42.1 Å². The fourth-order valence-corrected chi connectivity index (χ4v) is 3.13. The first-order valence-corrected chi connectivity index (χ1v) is 8.63. The van der Waals surface area contributed by atoms with Crippen LogP contribution in [0.1, 0.15) is 52.7 Å². The number of benzene rings is 1. The van der Waals surface area contributed by atoms with Crippen molar-refractivity contribution in [3.8, 4) is 0 Å². The second-order valence-corrected chi connectivity index (χ2v) is 6.86. The Labute approximate surface area is 148 Å². The van der Waals surface area contributed by atoms with Crippen molar-refractivity contribution in [2.45, 2.75) is 50.7 Å². The average Bonchev–Trinajstić information content (AvgIpc) is 3.25. The van der Waals surface area contributed by atoms with Crippen molar-refractivity contribution in [1.82, 2.24) is 10.2 Å². The standard InChI is InChI=1S/C17H20N2O3.C2H7N/c1-11-7-12(17(18)4-5-17)8-14-15(11)9-19(16(14)22)13(10-21)3-2-6-20;1-3-2/h6-8,10,13H,2-5,9,18H2,1H3;3H,1-2H3. The zero-order chi connectivity index (χ0) is 18.6. The number of hydrogen-bond donors (Lipinski definition) is 2. The SMILES string of the molecule is CNC.Cc1cc(C2(N)CC2)cc2c1CN(C(C=O)CCC=O)C2=O. The number of carbonyl (C=O) groups is 3. The highest BCUT2D eigenvalue weighted by atomic mass is 16.2. The molecular formula is C19H27N3O3. The molecule has 0 bridgehead atoms. The van der Waals surface area contributed by atoms with Crippen molar-refractivity contribution >= 4 is 18.5 Å². The quantitative estimate of drug-likeness (QED) is 0.758. The third-order valence-electron chi connectivity index (χ3n) is 4.79. The van der Waals surface area contributed by atoms with Gasteiger partial charge in [0.15, 0.2) is 0 Å². The van der Waals surface area contributed by atoms with Gasteiger partial charge in [-0.1, -0.05) is 6.07 Å². The summed E-state index contributed by atoms with van der Waals surface area (Å²) in [5, 5.41) is 2.75. The molecule has 6 heteroatoms. The van der Waals surface area contributed by atoms with Crippen LogP contribution in [0.3, 0.4) is 0 Å².